The third-order valence-corrected chi connectivity index (χ3v) is 2.41. The third-order valence-electron chi connectivity index (χ3n) is 1.36. The molecule has 0 aliphatic carbocycles. The Morgan fingerprint density at radius 1 is 1.40 bits per heavy atom. The molecule has 1 rings (SSSR count). The molecule has 0 fully saturated rings. The van der Waals surface area contributed by atoms with Crippen molar-refractivity contribution < 1.29 is 9.85 Å². The van der Waals surface area contributed by atoms with Crippen LogP contribution in [0.3, 0.4) is 0 Å². The third kappa shape index (κ3) is 2.35. The van der Waals surface area contributed by atoms with E-state index >= 15 is 0 Å². The number of nitro groups is 2. The molecule has 0 saturated carbocycles. The number of nitriles is 1. The molecule has 1 aromatic heterocycles. The van der Waals surface area contributed by atoms with Crippen LogP contribution in [0.1, 0.15) is 4.88 Å². The number of allylic oxidation sites excluding steroid dienone is 1. The van der Waals surface area contributed by atoms with Gasteiger partial charge in [0.25, 0.3) is 0 Å². The van der Waals surface area contributed by atoms with Gasteiger partial charge in [0.1, 0.15) is 10.9 Å². The summed E-state index contributed by atoms with van der Waals surface area (Å²) >= 11 is 0.626. The normalized spacial score (nSPS) is 10.7. The second kappa shape index (κ2) is 4.30. The highest BCUT2D eigenvalue weighted by Gasteiger charge is 2.20. The lowest BCUT2D eigenvalue weighted by Crippen LogP contribution is -1.95. The molecule has 0 unspecified atom stereocenters. The molecule has 0 bridgehead atoms. The summed E-state index contributed by atoms with van der Waals surface area (Å²) in [7, 11) is 0. The maximum absolute atomic E-state index is 10.5. The quantitative estimate of drug-likeness (QED) is 0.439. The van der Waals surface area contributed by atoms with Crippen LogP contribution in [0.4, 0.5) is 5.00 Å². The van der Waals surface area contributed by atoms with Gasteiger partial charge in [-0.15, -0.1) is 0 Å². The molecule has 15 heavy (non-hydrogen) atoms. The highest BCUT2D eigenvalue weighted by molar-refractivity contribution is 7.16. The lowest BCUT2D eigenvalue weighted by molar-refractivity contribution is -0.380. The Morgan fingerprint density at radius 3 is 2.47 bits per heavy atom. The van der Waals surface area contributed by atoms with Crippen molar-refractivity contribution in [1.82, 2.24) is 0 Å². The predicted octanol–water partition coefficient (Wildman–Crippen LogP) is 1.60. The number of nitrogens with zero attached hydrogens (tertiary/aromatic N) is 3. The van der Waals surface area contributed by atoms with Crippen molar-refractivity contribution >= 4 is 22.0 Å². The van der Waals surface area contributed by atoms with Gasteiger partial charge in [-0.25, -0.2) is 0 Å². The maximum atomic E-state index is 10.5. The fourth-order valence-electron chi connectivity index (χ4n) is 0.803. The molecular formula is C7H2N3O4S. The minimum atomic E-state index is -0.807. The second-order valence-corrected chi connectivity index (χ2v) is 3.30. The van der Waals surface area contributed by atoms with Gasteiger partial charge in [0.05, 0.1) is 9.85 Å². The van der Waals surface area contributed by atoms with E-state index in [-0.39, 0.29) is 9.88 Å². The van der Waals surface area contributed by atoms with E-state index in [2.05, 4.69) is 0 Å². The van der Waals surface area contributed by atoms with Crippen LogP contribution >= 0.6 is 11.3 Å². The topological polar surface area (TPSA) is 110 Å². The first-order chi connectivity index (χ1) is 7.06. The zero-order valence-corrected chi connectivity index (χ0v) is 7.85. The number of hydrogen-bond donors (Lipinski definition) is 0. The second-order valence-electron chi connectivity index (χ2n) is 2.24. The first-order valence-corrected chi connectivity index (χ1v) is 4.29. The van der Waals surface area contributed by atoms with Gasteiger partial charge in [0, 0.05) is 6.07 Å². The van der Waals surface area contributed by atoms with Crippen LogP contribution in [0.25, 0.3) is 5.70 Å². The molecule has 1 heterocycles. The van der Waals surface area contributed by atoms with E-state index in [9.17, 15) is 20.2 Å². The Balaban J connectivity index is 3.15. The molecule has 1 aromatic rings. The van der Waals surface area contributed by atoms with Crippen LogP contribution in [0, 0.1) is 37.6 Å². The molecule has 7 nitrogen and oxygen atoms in total. The highest BCUT2D eigenvalue weighted by Crippen LogP contribution is 2.29. The van der Waals surface area contributed by atoms with Gasteiger partial charge in [-0.05, 0) is 6.07 Å². The van der Waals surface area contributed by atoms with E-state index in [4.69, 9.17) is 5.26 Å². The molecule has 75 valence electrons. The van der Waals surface area contributed by atoms with Gasteiger partial charge in [-0.3, -0.25) is 20.2 Å². The molecule has 1 radical (unpaired) electrons. The van der Waals surface area contributed by atoms with E-state index in [1.807, 2.05) is 6.08 Å². The lowest BCUT2D eigenvalue weighted by Gasteiger charge is -1.89. The zero-order valence-electron chi connectivity index (χ0n) is 7.04. The van der Waals surface area contributed by atoms with E-state index < -0.39 is 15.5 Å². The van der Waals surface area contributed by atoms with E-state index in [0.29, 0.717) is 11.3 Å². The summed E-state index contributed by atoms with van der Waals surface area (Å²) in [5.74, 6) is 0. The van der Waals surface area contributed by atoms with Crippen LogP contribution in [0.5, 0.6) is 0 Å². The fourth-order valence-corrected chi connectivity index (χ4v) is 1.60. The maximum Gasteiger partial charge on any atom is 0.324 e. The Morgan fingerprint density at radius 2 is 2.07 bits per heavy atom. The largest absolute Gasteiger partial charge is 0.324 e. The summed E-state index contributed by atoms with van der Waals surface area (Å²) in [5, 5.41) is 28.8. The minimum Gasteiger partial charge on any atom is -0.258 e. The van der Waals surface area contributed by atoms with Crippen molar-refractivity contribution in [3.8, 4) is 6.07 Å². The first kappa shape index (κ1) is 10.8. The molecule has 0 atom stereocenters. The van der Waals surface area contributed by atoms with Gasteiger partial charge < -0.3 is 0 Å². The van der Waals surface area contributed by atoms with E-state index in [1.165, 1.54) is 12.1 Å². The van der Waals surface area contributed by atoms with Gasteiger partial charge in [0.2, 0.25) is 0 Å². The van der Waals surface area contributed by atoms with Crippen molar-refractivity contribution in [2.75, 3.05) is 0 Å². The smallest absolute Gasteiger partial charge is 0.258 e. The molecule has 0 amide bonds. The SMILES string of the molecule is N#C/[C]=C(\c1ccc([N+](=O)[O-])s1)[N+](=O)[O-]. The number of hydrogen-bond acceptors (Lipinski definition) is 6. The summed E-state index contributed by atoms with van der Waals surface area (Å²) in [6.07, 6.45) is 1.86. The van der Waals surface area contributed by atoms with Crippen LogP contribution in [-0.4, -0.2) is 9.85 Å². The van der Waals surface area contributed by atoms with Gasteiger partial charge >= 0.3 is 10.7 Å². The van der Waals surface area contributed by atoms with Crippen molar-refractivity contribution in [1.29, 1.82) is 5.26 Å². The molecule has 0 saturated heterocycles. The zero-order chi connectivity index (χ0) is 11.4. The van der Waals surface area contributed by atoms with Gasteiger partial charge in [-0.2, -0.15) is 5.26 Å². The number of thiophene rings is 1. The number of rotatable bonds is 3. The molecular weight excluding hydrogens is 222 g/mol. The van der Waals surface area contributed by atoms with Crippen molar-refractivity contribution in [3.05, 3.63) is 43.3 Å². The molecule has 0 aliphatic heterocycles. The Bertz CT molecular complexity index is 485. The average molecular weight is 224 g/mol. The summed E-state index contributed by atoms with van der Waals surface area (Å²) in [6.45, 7) is 0. The first-order valence-electron chi connectivity index (χ1n) is 3.47. The summed E-state index contributed by atoms with van der Waals surface area (Å²) in [6, 6.07) is 3.75. The Labute approximate surface area is 87.2 Å². The predicted molar refractivity (Wildman–Crippen MR) is 50.2 cm³/mol. The van der Waals surface area contributed by atoms with Gasteiger partial charge in [0.15, 0.2) is 6.08 Å². The highest BCUT2D eigenvalue weighted by atomic mass is 32.1. The van der Waals surface area contributed by atoms with Crippen LogP contribution in [0.15, 0.2) is 12.1 Å². The van der Waals surface area contributed by atoms with E-state index in [0.717, 1.165) is 6.07 Å². The molecule has 0 spiro atoms. The van der Waals surface area contributed by atoms with Crippen molar-refractivity contribution in [3.63, 3.8) is 0 Å². The lowest BCUT2D eigenvalue weighted by atomic mass is 10.3. The fraction of sp³-hybridized carbons (Fsp3) is 0. The van der Waals surface area contributed by atoms with Gasteiger partial charge in [-0.1, -0.05) is 11.3 Å². The van der Waals surface area contributed by atoms with Crippen molar-refractivity contribution in [2.24, 2.45) is 0 Å². The molecule has 0 aromatic carbocycles. The van der Waals surface area contributed by atoms with Crippen LogP contribution in [-0.2, 0) is 0 Å². The minimum absolute atomic E-state index is 0.0354. The summed E-state index contributed by atoms with van der Waals surface area (Å²) in [5.41, 5.74) is -0.560. The van der Waals surface area contributed by atoms with Crippen LogP contribution < -0.4 is 0 Å². The molecule has 0 aliphatic rings. The summed E-state index contributed by atoms with van der Waals surface area (Å²) in [4.78, 5) is 19.4. The molecule has 8 heteroatoms. The van der Waals surface area contributed by atoms with Crippen molar-refractivity contribution in [2.45, 2.75) is 0 Å². The standard InChI is InChI=1S/C7H2N3O4S/c8-4-3-5(9(11)12)6-1-2-7(15-6)10(13)14/h1-2H. The Hall–Kier alpha value is -2.27. The molecule has 0 N–H and O–H groups in total. The Kier molecular flexibility index (Phi) is 3.10. The van der Waals surface area contributed by atoms with E-state index in [1.54, 1.807) is 0 Å². The average Bonchev–Trinajstić information content (AvgIpc) is 2.62. The summed E-state index contributed by atoms with van der Waals surface area (Å²) < 4.78 is 0. The monoisotopic (exact) mass is 224 g/mol. The van der Waals surface area contributed by atoms with Crippen LogP contribution in [0.2, 0.25) is 0 Å².